The van der Waals surface area contributed by atoms with Gasteiger partial charge in [-0.25, -0.2) is 4.39 Å². The Morgan fingerprint density at radius 1 is 1.30 bits per heavy atom. The van der Waals surface area contributed by atoms with E-state index in [9.17, 15) is 9.18 Å². The zero-order valence-electron chi connectivity index (χ0n) is 13.3. The lowest BCUT2D eigenvalue weighted by Gasteiger charge is -2.24. The average Bonchev–Trinajstić information content (AvgIpc) is 2.89. The summed E-state index contributed by atoms with van der Waals surface area (Å²) < 4.78 is 14.3. The lowest BCUT2D eigenvalue weighted by molar-refractivity contribution is -0.132. The Balaban J connectivity index is 1.91. The van der Waals surface area contributed by atoms with Gasteiger partial charge in [0.1, 0.15) is 5.82 Å². The summed E-state index contributed by atoms with van der Waals surface area (Å²) in [7, 11) is 1.93. The standard InChI is InChI=1S/C17H20BrFN2OS/c1-3-21(9-13-5-4-6-15(19)7-13)17(22)11-20(2)10-16-8-14(18)12-23-16/h4-8,12H,3,9-11H2,1-2H3. The van der Waals surface area contributed by atoms with Crippen molar-refractivity contribution in [3.05, 3.63) is 56.4 Å². The number of benzene rings is 1. The average molecular weight is 399 g/mol. The van der Waals surface area contributed by atoms with E-state index in [2.05, 4.69) is 22.0 Å². The molecule has 1 aromatic carbocycles. The lowest BCUT2D eigenvalue weighted by atomic mass is 10.2. The third kappa shape index (κ3) is 5.71. The molecule has 0 aliphatic carbocycles. The van der Waals surface area contributed by atoms with Gasteiger partial charge < -0.3 is 4.90 Å². The van der Waals surface area contributed by atoms with Gasteiger partial charge in [0.2, 0.25) is 5.91 Å². The fraction of sp³-hybridized carbons (Fsp3) is 0.353. The van der Waals surface area contributed by atoms with E-state index in [0.29, 0.717) is 19.6 Å². The van der Waals surface area contributed by atoms with Crippen LogP contribution in [0.25, 0.3) is 0 Å². The molecule has 124 valence electrons. The first-order chi connectivity index (χ1) is 11.0. The molecule has 23 heavy (non-hydrogen) atoms. The van der Waals surface area contributed by atoms with Gasteiger partial charge in [-0.1, -0.05) is 12.1 Å². The number of nitrogens with zero attached hydrogens (tertiary/aromatic N) is 2. The second kappa shape index (κ2) is 8.57. The van der Waals surface area contributed by atoms with Crippen LogP contribution in [-0.4, -0.2) is 35.8 Å². The molecule has 0 spiro atoms. The molecule has 2 aromatic rings. The van der Waals surface area contributed by atoms with Crippen molar-refractivity contribution >= 4 is 33.2 Å². The molecule has 6 heteroatoms. The van der Waals surface area contributed by atoms with Crippen molar-refractivity contribution in [1.29, 1.82) is 0 Å². The number of carbonyl (C=O) groups excluding carboxylic acids is 1. The van der Waals surface area contributed by atoms with E-state index in [0.717, 1.165) is 16.6 Å². The number of hydrogen-bond donors (Lipinski definition) is 0. The SMILES string of the molecule is CCN(Cc1cccc(F)c1)C(=O)CN(C)Cc1cc(Br)cs1. The van der Waals surface area contributed by atoms with E-state index in [1.54, 1.807) is 22.3 Å². The second-order valence-electron chi connectivity index (χ2n) is 5.44. The summed E-state index contributed by atoms with van der Waals surface area (Å²) in [6, 6.07) is 8.46. The Hall–Kier alpha value is -1.24. The highest BCUT2D eigenvalue weighted by molar-refractivity contribution is 9.10. The van der Waals surface area contributed by atoms with Crippen LogP contribution in [0.4, 0.5) is 4.39 Å². The summed E-state index contributed by atoms with van der Waals surface area (Å²) in [5.74, 6) is -0.221. The summed E-state index contributed by atoms with van der Waals surface area (Å²) >= 11 is 5.10. The van der Waals surface area contributed by atoms with Gasteiger partial charge in [-0.05, 0) is 53.7 Å². The van der Waals surface area contributed by atoms with Crippen molar-refractivity contribution in [2.24, 2.45) is 0 Å². The predicted octanol–water partition coefficient (Wildman–Crippen LogP) is 4.13. The van der Waals surface area contributed by atoms with Gasteiger partial charge in [0.05, 0.1) is 6.54 Å². The zero-order valence-corrected chi connectivity index (χ0v) is 15.7. The van der Waals surface area contributed by atoms with Gasteiger partial charge in [0, 0.05) is 34.4 Å². The summed E-state index contributed by atoms with van der Waals surface area (Å²) in [4.78, 5) is 17.4. The first kappa shape index (κ1) is 18.1. The minimum atomic E-state index is -0.272. The van der Waals surface area contributed by atoms with Crippen LogP contribution in [0.2, 0.25) is 0 Å². The fourth-order valence-electron chi connectivity index (χ4n) is 2.32. The predicted molar refractivity (Wildman–Crippen MR) is 95.8 cm³/mol. The molecule has 0 bridgehead atoms. The molecule has 2 rings (SSSR count). The molecule has 0 saturated heterocycles. The first-order valence-electron chi connectivity index (χ1n) is 7.41. The zero-order chi connectivity index (χ0) is 16.8. The maximum absolute atomic E-state index is 13.3. The van der Waals surface area contributed by atoms with Crippen LogP contribution in [0.15, 0.2) is 40.2 Å². The topological polar surface area (TPSA) is 23.6 Å². The van der Waals surface area contributed by atoms with Gasteiger partial charge in [-0.15, -0.1) is 11.3 Å². The second-order valence-corrected chi connectivity index (χ2v) is 7.35. The van der Waals surface area contributed by atoms with E-state index >= 15 is 0 Å². The molecule has 0 aliphatic heterocycles. The Morgan fingerprint density at radius 3 is 2.70 bits per heavy atom. The highest BCUT2D eigenvalue weighted by atomic mass is 79.9. The monoisotopic (exact) mass is 398 g/mol. The van der Waals surface area contributed by atoms with E-state index in [1.807, 2.05) is 30.3 Å². The number of amides is 1. The highest BCUT2D eigenvalue weighted by Crippen LogP contribution is 2.20. The van der Waals surface area contributed by atoms with Crippen molar-refractivity contribution in [2.75, 3.05) is 20.1 Å². The molecule has 0 atom stereocenters. The minimum absolute atomic E-state index is 0.0508. The number of likely N-dealkylation sites (N-methyl/N-ethyl adjacent to an activating group) is 2. The molecule has 3 nitrogen and oxygen atoms in total. The number of rotatable bonds is 7. The summed E-state index contributed by atoms with van der Waals surface area (Å²) in [5, 5.41) is 2.04. The molecule has 0 N–H and O–H groups in total. The van der Waals surface area contributed by atoms with Crippen LogP contribution in [0.1, 0.15) is 17.4 Å². The highest BCUT2D eigenvalue weighted by Gasteiger charge is 2.15. The maximum Gasteiger partial charge on any atom is 0.237 e. The summed E-state index contributed by atoms with van der Waals surface area (Å²) in [6.07, 6.45) is 0. The third-order valence-corrected chi connectivity index (χ3v) is 5.13. The summed E-state index contributed by atoms with van der Waals surface area (Å²) in [5.41, 5.74) is 0.810. The van der Waals surface area contributed by atoms with E-state index in [4.69, 9.17) is 0 Å². The van der Waals surface area contributed by atoms with Crippen molar-refractivity contribution in [2.45, 2.75) is 20.0 Å². The largest absolute Gasteiger partial charge is 0.338 e. The number of carbonyl (C=O) groups is 1. The van der Waals surface area contributed by atoms with Crippen LogP contribution in [-0.2, 0) is 17.9 Å². The molecule has 1 aromatic heterocycles. The molecular formula is C17H20BrFN2OS. The molecule has 0 unspecified atom stereocenters. The third-order valence-electron chi connectivity index (χ3n) is 3.45. The van der Waals surface area contributed by atoms with E-state index in [-0.39, 0.29) is 11.7 Å². The van der Waals surface area contributed by atoms with Gasteiger partial charge >= 0.3 is 0 Å². The molecule has 0 fully saturated rings. The van der Waals surface area contributed by atoms with Gasteiger partial charge in [-0.2, -0.15) is 0 Å². The Bertz CT molecular complexity index is 662. The molecular weight excluding hydrogens is 379 g/mol. The molecule has 1 heterocycles. The molecule has 1 amide bonds. The smallest absolute Gasteiger partial charge is 0.237 e. The quantitative estimate of drug-likeness (QED) is 0.699. The van der Waals surface area contributed by atoms with Gasteiger partial charge in [0.15, 0.2) is 0 Å². The maximum atomic E-state index is 13.3. The molecule has 0 saturated carbocycles. The van der Waals surface area contributed by atoms with Gasteiger partial charge in [0.25, 0.3) is 0 Å². The van der Waals surface area contributed by atoms with Crippen LogP contribution in [0, 0.1) is 5.82 Å². The molecule has 0 radical (unpaired) electrons. The normalized spacial score (nSPS) is 11.0. The Kier molecular flexibility index (Phi) is 6.74. The van der Waals surface area contributed by atoms with Crippen LogP contribution in [0.3, 0.4) is 0 Å². The molecule has 0 aliphatic rings. The number of thiophene rings is 1. The number of halogens is 2. The fourth-order valence-corrected chi connectivity index (χ4v) is 3.85. The van der Waals surface area contributed by atoms with Crippen LogP contribution >= 0.6 is 27.3 Å². The lowest BCUT2D eigenvalue weighted by Crippen LogP contribution is -2.38. The van der Waals surface area contributed by atoms with Gasteiger partial charge in [-0.3, -0.25) is 9.69 Å². The summed E-state index contributed by atoms with van der Waals surface area (Å²) in [6.45, 7) is 4.06. The van der Waals surface area contributed by atoms with Crippen molar-refractivity contribution in [3.8, 4) is 0 Å². The van der Waals surface area contributed by atoms with Crippen molar-refractivity contribution < 1.29 is 9.18 Å². The number of hydrogen-bond acceptors (Lipinski definition) is 3. The van der Waals surface area contributed by atoms with Crippen LogP contribution < -0.4 is 0 Å². The van der Waals surface area contributed by atoms with Crippen molar-refractivity contribution in [1.82, 2.24) is 9.80 Å². The first-order valence-corrected chi connectivity index (χ1v) is 9.09. The van der Waals surface area contributed by atoms with E-state index in [1.165, 1.54) is 17.0 Å². The minimum Gasteiger partial charge on any atom is -0.338 e. The Morgan fingerprint density at radius 2 is 2.09 bits per heavy atom. The van der Waals surface area contributed by atoms with Crippen molar-refractivity contribution in [3.63, 3.8) is 0 Å². The van der Waals surface area contributed by atoms with Crippen LogP contribution in [0.5, 0.6) is 0 Å². The Labute approximate surface area is 148 Å². The van der Waals surface area contributed by atoms with E-state index < -0.39 is 0 Å².